The molecule has 0 amide bonds. The summed E-state index contributed by atoms with van der Waals surface area (Å²) < 4.78 is 4.94. The number of nitrogens with zero attached hydrogens (tertiary/aromatic N) is 1. The number of nitro groups is 1. The van der Waals surface area contributed by atoms with E-state index in [1.165, 1.54) is 18.2 Å². The Bertz CT molecular complexity index is 812. The summed E-state index contributed by atoms with van der Waals surface area (Å²) in [5.74, 6) is -0.304. The smallest absolute Gasteiger partial charge is 0.277 e. The zero-order chi connectivity index (χ0) is 15.9. The first kappa shape index (κ1) is 14.0. The molecule has 110 valence electrons. The van der Waals surface area contributed by atoms with Gasteiger partial charge in [0, 0.05) is 28.3 Å². The number of aliphatic hydroxyl groups excluding tert-OH is 1. The molecule has 0 spiro atoms. The van der Waals surface area contributed by atoms with Crippen molar-refractivity contribution in [2.45, 2.75) is 6.29 Å². The van der Waals surface area contributed by atoms with Crippen LogP contribution in [0.1, 0.15) is 27.8 Å². The fraction of sp³-hybridized carbons (Fsp3) is 0.0625. The van der Waals surface area contributed by atoms with Crippen LogP contribution in [0.25, 0.3) is 11.1 Å². The van der Waals surface area contributed by atoms with Gasteiger partial charge in [0.25, 0.3) is 5.69 Å². The van der Waals surface area contributed by atoms with Gasteiger partial charge in [-0.1, -0.05) is 30.8 Å². The summed E-state index contributed by atoms with van der Waals surface area (Å²) in [5, 5.41) is 21.3. The summed E-state index contributed by atoms with van der Waals surface area (Å²) in [4.78, 5) is 23.2. The van der Waals surface area contributed by atoms with Crippen molar-refractivity contribution < 1.29 is 19.6 Å². The Hall–Kier alpha value is -2.99. The van der Waals surface area contributed by atoms with Crippen LogP contribution in [-0.4, -0.2) is 15.8 Å². The molecule has 6 nitrogen and oxygen atoms in total. The molecule has 2 aromatic carbocycles. The number of nitro benzene ring substituents is 1. The molecule has 0 aliphatic heterocycles. The average molecular weight is 297 g/mol. The molecule has 6 heteroatoms. The van der Waals surface area contributed by atoms with E-state index in [0.29, 0.717) is 16.7 Å². The van der Waals surface area contributed by atoms with Gasteiger partial charge in [-0.2, -0.15) is 0 Å². The van der Waals surface area contributed by atoms with Crippen molar-refractivity contribution in [3.8, 4) is 11.1 Å². The van der Waals surface area contributed by atoms with Crippen LogP contribution >= 0.6 is 0 Å². The molecule has 0 radical (unpaired) electrons. The van der Waals surface area contributed by atoms with Gasteiger partial charge in [-0.15, -0.1) is 0 Å². The van der Waals surface area contributed by atoms with Crippen molar-refractivity contribution in [3.05, 3.63) is 76.0 Å². The second-order valence-electron chi connectivity index (χ2n) is 4.71. The van der Waals surface area contributed by atoms with Crippen LogP contribution < -0.4 is 0 Å². The number of rotatable bonds is 4. The minimum absolute atomic E-state index is 0.178. The summed E-state index contributed by atoms with van der Waals surface area (Å²) >= 11 is 0. The van der Waals surface area contributed by atoms with E-state index in [4.69, 9.17) is 4.74 Å². The fourth-order valence-corrected chi connectivity index (χ4v) is 2.70. The summed E-state index contributed by atoms with van der Waals surface area (Å²) in [7, 11) is 0. The lowest BCUT2D eigenvalue weighted by Crippen LogP contribution is -2.03. The standard InChI is InChI=1S/C16H11NO5/c1-2-22-16(19)11-7-3-5-9-13(11)14-10(15(9)18)6-4-8-12(14)17(20)21/h2-8,16,19H,1H2. The Balaban J connectivity index is 2.34. The maximum atomic E-state index is 12.4. The lowest BCUT2D eigenvalue weighted by molar-refractivity contribution is -0.384. The molecule has 22 heavy (non-hydrogen) atoms. The Morgan fingerprint density at radius 2 is 1.82 bits per heavy atom. The van der Waals surface area contributed by atoms with E-state index in [0.717, 1.165) is 6.26 Å². The quantitative estimate of drug-likeness (QED) is 0.346. The van der Waals surface area contributed by atoms with Crippen molar-refractivity contribution in [2.24, 2.45) is 0 Å². The number of ketones is 1. The third kappa shape index (κ3) is 1.89. The molecule has 0 saturated heterocycles. The van der Waals surface area contributed by atoms with Gasteiger partial charge in [-0.3, -0.25) is 14.9 Å². The predicted octanol–water partition coefficient (Wildman–Crippen LogP) is 2.96. The molecule has 0 aromatic heterocycles. The molecule has 1 atom stereocenters. The molecular formula is C16H11NO5. The summed E-state index contributed by atoms with van der Waals surface area (Å²) in [6.07, 6.45) is -0.285. The maximum absolute atomic E-state index is 12.4. The van der Waals surface area contributed by atoms with E-state index in [-0.39, 0.29) is 22.6 Å². The highest BCUT2D eigenvalue weighted by molar-refractivity contribution is 6.23. The third-order valence-electron chi connectivity index (χ3n) is 3.57. The van der Waals surface area contributed by atoms with Crippen molar-refractivity contribution in [2.75, 3.05) is 0 Å². The zero-order valence-corrected chi connectivity index (χ0v) is 11.4. The first-order valence-electron chi connectivity index (χ1n) is 6.46. The topological polar surface area (TPSA) is 89.7 Å². The van der Waals surface area contributed by atoms with E-state index in [2.05, 4.69) is 6.58 Å². The van der Waals surface area contributed by atoms with E-state index >= 15 is 0 Å². The van der Waals surface area contributed by atoms with Crippen molar-refractivity contribution in [3.63, 3.8) is 0 Å². The second-order valence-corrected chi connectivity index (χ2v) is 4.71. The Labute approximate surface area is 125 Å². The lowest BCUT2D eigenvalue weighted by atomic mass is 9.98. The highest BCUT2D eigenvalue weighted by Crippen LogP contribution is 2.45. The predicted molar refractivity (Wildman–Crippen MR) is 78.2 cm³/mol. The number of hydrogen-bond donors (Lipinski definition) is 1. The van der Waals surface area contributed by atoms with Crippen LogP contribution in [0.3, 0.4) is 0 Å². The molecule has 2 aromatic rings. The molecule has 1 aliphatic carbocycles. The number of carbonyl (C=O) groups excluding carboxylic acids is 1. The first-order chi connectivity index (χ1) is 10.6. The van der Waals surface area contributed by atoms with Gasteiger partial charge in [0.05, 0.1) is 16.7 Å². The Morgan fingerprint density at radius 1 is 1.18 bits per heavy atom. The van der Waals surface area contributed by atoms with E-state index < -0.39 is 11.2 Å². The number of carbonyl (C=O) groups is 1. The van der Waals surface area contributed by atoms with Crippen LogP contribution in [-0.2, 0) is 4.74 Å². The molecular weight excluding hydrogens is 286 g/mol. The third-order valence-corrected chi connectivity index (χ3v) is 3.57. The molecule has 0 heterocycles. The van der Waals surface area contributed by atoms with Crippen LogP contribution in [0.2, 0.25) is 0 Å². The van der Waals surface area contributed by atoms with Gasteiger partial charge < -0.3 is 9.84 Å². The zero-order valence-electron chi connectivity index (χ0n) is 11.4. The molecule has 0 saturated carbocycles. The number of ether oxygens (including phenoxy) is 1. The van der Waals surface area contributed by atoms with Crippen LogP contribution in [0.5, 0.6) is 0 Å². The lowest BCUT2D eigenvalue weighted by Gasteiger charge is -2.14. The Kier molecular flexibility index (Phi) is 3.23. The molecule has 0 fully saturated rings. The molecule has 3 rings (SSSR count). The second kappa shape index (κ2) is 5.09. The largest absolute Gasteiger partial charge is 0.469 e. The van der Waals surface area contributed by atoms with E-state index in [9.17, 15) is 20.0 Å². The number of aliphatic hydroxyl groups is 1. The maximum Gasteiger partial charge on any atom is 0.277 e. The Morgan fingerprint density at radius 3 is 2.45 bits per heavy atom. The van der Waals surface area contributed by atoms with Gasteiger partial charge in [-0.05, 0) is 6.07 Å². The number of benzene rings is 2. The minimum Gasteiger partial charge on any atom is -0.469 e. The van der Waals surface area contributed by atoms with Crippen LogP contribution in [0, 0.1) is 10.1 Å². The fourth-order valence-electron chi connectivity index (χ4n) is 2.70. The number of fused-ring (bicyclic) bond motifs is 3. The highest BCUT2D eigenvalue weighted by Gasteiger charge is 2.35. The van der Waals surface area contributed by atoms with Gasteiger partial charge >= 0.3 is 0 Å². The van der Waals surface area contributed by atoms with Crippen LogP contribution in [0.4, 0.5) is 5.69 Å². The SMILES string of the molecule is C=COC(O)c1cccc2c1-c1c(cccc1[N+](=O)[O-])C2=O. The number of hydrogen-bond acceptors (Lipinski definition) is 5. The van der Waals surface area contributed by atoms with Crippen molar-refractivity contribution in [1.82, 2.24) is 0 Å². The monoisotopic (exact) mass is 297 g/mol. The molecule has 0 bridgehead atoms. The van der Waals surface area contributed by atoms with Crippen LogP contribution in [0.15, 0.2) is 49.2 Å². The van der Waals surface area contributed by atoms with E-state index in [1.807, 2.05) is 0 Å². The van der Waals surface area contributed by atoms with E-state index in [1.54, 1.807) is 18.2 Å². The minimum atomic E-state index is -1.36. The van der Waals surface area contributed by atoms with Gasteiger partial charge in [0.2, 0.25) is 6.29 Å². The molecule has 1 unspecified atom stereocenters. The molecule has 1 N–H and O–H groups in total. The van der Waals surface area contributed by atoms with Crippen molar-refractivity contribution in [1.29, 1.82) is 0 Å². The molecule has 1 aliphatic rings. The van der Waals surface area contributed by atoms with Gasteiger partial charge in [0.1, 0.15) is 0 Å². The summed E-state index contributed by atoms with van der Waals surface area (Å²) in [6.45, 7) is 3.37. The van der Waals surface area contributed by atoms with Gasteiger partial charge in [-0.25, -0.2) is 0 Å². The first-order valence-corrected chi connectivity index (χ1v) is 6.46. The van der Waals surface area contributed by atoms with Gasteiger partial charge in [0.15, 0.2) is 5.78 Å². The highest BCUT2D eigenvalue weighted by atomic mass is 16.6. The summed E-state index contributed by atoms with van der Waals surface area (Å²) in [5.41, 5.74) is 1.23. The van der Waals surface area contributed by atoms with Crippen molar-refractivity contribution >= 4 is 11.5 Å². The normalized spacial score (nSPS) is 13.2. The summed E-state index contributed by atoms with van der Waals surface area (Å²) in [6, 6.07) is 9.07. The average Bonchev–Trinajstić information content (AvgIpc) is 2.81.